The van der Waals surface area contributed by atoms with Crippen LogP contribution < -0.4 is 5.32 Å². The Kier molecular flexibility index (Phi) is 6.60. The molecule has 2 atom stereocenters. The third kappa shape index (κ3) is 4.99. The molecule has 0 aliphatic carbocycles. The summed E-state index contributed by atoms with van der Waals surface area (Å²) in [7, 11) is 1.23. The lowest BCUT2D eigenvalue weighted by Gasteiger charge is -2.34. The molecule has 10 nitrogen and oxygen atoms in total. The first kappa shape index (κ1) is 23.4. The quantitative estimate of drug-likeness (QED) is 0.734. The van der Waals surface area contributed by atoms with Crippen molar-refractivity contribution in [1.82, 2.24) is 15.2 Å². The Bertz CT molecular complexity index is 851. The maximum Gasteiger partial charge on any atom is 0.413 e. The van der Waals surface area contributed by atoms with E-state index >= 15 is 0 Å². The van der Waals surface area contributed by atoms with Gasteiger partial charge in [0, 0.05) is 0 Å². The maximum atomic E-state index is 13.1. The van der Waals surface area contributed by atoms with E-state index in [1.807, 2.05) is 0 Å². The highest BCUT2D eigenvalue weighted by atomic mass is 16.6. The molecule has 1 aromatic rings. The molecule has 0 aromatic carbocycles. The SMILES string of the molecule is C/C=C(\NC(=O)[C@@H]1[C@@H](C)OC(C)(C)N1C(=O)OC(C)(C)C)c1nc(C(=O)OC)co1. The lowest BCUT2D eigenvalue weighted by atomic mass is 10.1. The maximum absolute atomic E-state index is 13.1. The van der Waals surface area contributed by atoms with Crippen molar-refractivity contribution in [3.05, 3.63) is 23.9 Å². The second kappa shape index (κ2) is 8.47. The number of methoxy groups -OCH3 is 1. The third-order valence-electron chi connectivity index (χ3n) is 4.31. The van der Waals surface area contributed by atoms with E-state index < -0.39 is 41.4 Å². The summed E-state index contributed by atoms with van der Waals surface area (Å²) in [6, 6.07) is -0.958. The van der Waals surface area contributed by atoms with E-state index in [0.717, 1.165) is 6.26 Å². The molecule has 1 aromatic heterocycles. The fraction of sp³-hybridized carbons (Fsp3) is 0.600. The smallest absolute Gasteiger partial charge is 0.413 e. The van der Waals surface area contributed by atoms with E-state index in [0.29, 0.717) is 0 Å². The van der Waals surface area contributed by atoms with Crippen molar-refractivity contribution in [3.63, 3.8) is 0 Å². The van der Waals surface area contributed by atoms with Crippen molar-refractivity contribution in [1.29, 1.82) is 0 Å². The van der Waals surface area contributed by atoms with Gasteiger partial charge in [-0.3, -0.25) is 9.69 Å². The molecular weight excluding hydrogens is 394 g/mol. The van der Waals surface area contributed by atoms with Crippen LogP contribution in [0, 0.1) is 0 Å². The zero-order valence-electron chi connectivity index (χ0n) is 18.6. The molecule has 10 heteroatoms. The Labute approximate surface area is 175 Å². The summed E-state index contributed by atoms with van der Waals surface area (Å²) in [5.74, 6) is -1.15. The summed E-state index contributed by atoms with van der Waals surface area (Å²) in [6.45, 7) is 12.0. The molecule has 2 rings (SSSR count). The van der Waals surface area contributed by atoms with Crippen molar-refractivity contribution < 1.29 is 33.0 Å². The fourth-order valence-electron chi connectivity index (χ4n) is 3.15. The molecule has 1 fully saturated rings. The number of esters is 1. The summed E-state index contributed by atoms with van der Waals surface area (Å²) in [5, 5.41) is 2.70. The molecule has 0 radical (unpaired) electrons. The van der Waals surface area contributed by atoms with Crippen LogP contribution in [0.25, 0.3) is 5.70 Å². The first-order chi connectivity index (χ1) is 13.8. The fourth-order valence-corrected chi connectivity index (χ4v) is 3.15. The number of amides is 2. The Morgan fingerprint density at radius 2 is 1.93 bits per heavy atom. The number of oxazole rings is 1. The average Bonchev–Trinajstić information content (AvgIpc) is 3.19. The van der Waals surface area contributed by atoms with Crippen LogP contribution in [0.5, 0.6) is 0 Å². The molecule has 1 aliphatic rings. The standard InChI is InChI=1S/C20H29N3O7/c1-9-12(16-22-13(10-28-16)17(25)27-8)21-15(24)14-11(2)29-20(6,7)23(14)18(26)30-19(3,4)5/h9-11,14H,1-8H3,(H,21,24)/b12-9-/t11-,14+/m1/s1. The highest BCUT2D eigenvalue weighted by Crippen LogP contribution is 2.34. The van der Waals surface area contributed by atoms with Gasteiger partial charge in [-0.2, -0.15) is 0 Å². The van der Waals surface area contributed by atoms with Gasteiger partial charge in [0.1, 0.15) is 23.6 Å². The number of aromatic nitrogens is 1. The van der Waals surface area contributed by atoms with Crippen molar-refractivity contribution in [2.24, 2.45) is 0 Å². The zero-order chi connectivity index (χ0) is 22.9. The van der Waals surface area contributed by atoms with Crippen molar-refractivity contribution in [2.45, 2.75) is 71.9 Å². The molecule has 166 valence electrons. The number of hydrogen-bond acceptors (Lipinski definition) is 8. The van der Waals surface area contributed by atoms with Crippen LogP contribution in [0.15, 0.2) is 16.8 Å². The number of ether oxygens (including phenoxy) is 3. The van der Waals surface area contributed by atoms with E-state index in [1.165, 1.54) is 12.0 Å². The zero-order valence-corrected chi connectivity index (χ0v) is 18.6. The summed E-state index contributed by atoms with van der Waals surface area (Å²) >= 11 is 0. The molecular formula is C20H29N3O7. The summed E-state index contributed by atoms with van der Waals surface area (Å²) in [4.78, 5) is 42.8. The highest BCUT2D eigenvalue weighted by Gasteiger charge is 2.53. The number of carbonyl (C=O) groups excluding carboxylic acids is 3. The van der Waals surface area contributed by atoms with Crippen LogP contribution in [-0.2, 0) is 19.0 Å². The van der Waals surface area contributed by atoms with Gasteiger partial charge in [-0.25, -0.2) is 14.6 Å². The summed E-state index contributed by atoms with van der Waals surface area (Å²) in [5.41, 5.74) is -1.59. The second-order valence-electron chi connectivity index (χ2n) is 8.29. The molecule has 0 spiro atoms. The van der Waals surface area contributed by atoms with Crippen molar-refractivity contribution in [2.75, 3.05) is 7.11 Å². The van der Waals surface area contributed by atoms with E-state index in [4.69, 9.17) is 13.9 Å². The largest absolute Gasteiger partial charge is 0.464 e. The number of rotatable bonds is 4. The molecule has 0 bridgehead atoms. The summed E-state index contributed by atoms with van der Waals surface area (Å²) < 4.78 is 21.2. The first-order valence-corrected chi connectivity index (χ1v) is 9.52. The Morgan fingerprint density at radius 3 is 2.47 bits per heavy atom. The second-order valence-corrected chi connectivity index (χ2v) is 8.29. The van der Waals surface area contributed by atoms with Gasteiger partial charge in [-0.15, -0.1) is 0 Å². The molecule has 0 unspecified atom stereocenters. The topological polar surface area (TPSA) is 120 Å². The van der Waals surface area contributed by atoms with Gasteiger partial charge in [0.2, 0.25) is 11.8 Å². The molecule has 30 heavy (non-hydrogen) atoms. The lowest BCUT2D eigenvalue weighted by molar-refractivity contribution is -0.125. The average molecular weight is 423 g/mol. The monoisotopic (exact) mass is 423 g/mol. The van der Waals surface area contributed by atoms with Gasteiger partial charge in [0.05, 0.1) is 18.9 Å². The van der Waals surface area contributed by atoms with Gasteiger partial charge in [-0.1, -0.05) is 6.08 Å². The van der Waals surface area contributed by atoms with Crippen LogP contribution >= 0.6 is 0 Å². The highest BCUT2D eigenvalue weighted by molar-refractivity contribution is 5.93. The Hall–Kier alpha value is -2.88. The number of carbonyl (C=O) groups is 3. The molecule has 1 aliphatic heterocycles. The van der Waals surface area contributed by atoms with Gasteiger partial charge < -0.3 is 23.9 Å². The lowest BCUT2D eigenvalue weighted by Crippen LogP contribution is -2.55. The van der Waals surface area contributed by atoms with E-state index in [-0.39, 0.29) is 17.3 Å². The molecule has 1 N–H and O–H groups in total. The minimum absolute atomic E-state index is 0.0286. The first-order valence-electron chi connectivity index (χ1n) is 9.52. The van der Waals surface area contributed by atoms with Crippen LogP contribution in [-0.4, -0.2) is 58.4 Å². The van der Waals surface area contributed by atoms with Crippen LogP contribution in [0.1, 0.15) is 64.8 Å². The number of nitrogens with one attached hydrogen (secondary N) is 1. The normalized spacial score (nSPS) is 21.3. The molecule has 2 amide bonds. The van der Waals surface area contributed by atoms with Gasteiger partial charge >= 0.3 is 12.1 Å². The molecule has 0 saturated carbocycles. The summed E-state index contributed by atoms with van der Waals surface area (Å²) in [6.07, 6.45) is 1.44. The molecule has 2 heterocycles. The van der Waals surface area contributed by atoms with Gasteiger partial charge in [0.25, 0.3) is 0 Å². The van der Waals surface area contributed by atoms with Crippen molar-refractivity contribution >= 4 is 23.7 Å². The van der Waals surface area contributed by atoms with Crippen molar-refractivity contribution in [3.8, 4) is 0 Å². The molecule has 1 saturated heterocycles. The number of hydrogen-bond donors (Lipinski definition) is 1. The number of nitrogens with zero attached hydrogens (tertiary/aromatic N) is 2. The predicted octanol–water partition coefficient (Wildman–Crippen LogP) is 2.70. The minimum Gasteiger partial charge on any atom is -0.464 e. The van der Waals surface area contributed by atoms with E-state index in [1.54, 1.807) is 54.5 Å². The number of allylic oxidation sites excluding steroid dienone is 1. The Balaban J connectivity index is 2.26. The van der Waals surface area contributed by atoms with Gasteiger partial charge in [0.15, 0.2) is 5.69 Å². The van der Waals surface area contributed by atoms with Crippen LogP contribution in [0.2, 0.25) is 0 Å². The van der Waals surface area contributed by atoms with Crippen LogP contribution in [0.3, 0.4) is 0 Å². The van der Waals surface area contributed by atoms with Gasteiger partial charge in [-0.05, 0) is 48.5 Å². The Morgan fingerprint density at radius 1 is 1.30 bits per heavy atom. The minimum atomic E-state index is -1.05. The predicted molar refractivity (Wildman–Crippen MR) is 106 cm³/mol. The van der Waals surface area contributed by atoms with E-state index in [9.17, 15) is 14.4 Å². The van der Waals surface area contributed by atoms with E-state index in [2.05, 4.69) is 15.0 Å². The third-order valence-corrected chi connectivity index (χ3v) is 4.31. The van der Waals surface area contributed by atoms with Crippen LogP contribution in [0.4, 0.5) is 4.79 Å².